The van der Waals surface area contributed by atoms with E-state index >= 15 is 0 Å². The maximum atomic E-state index is 2.43. The second kappa shape index (κ2) is 4.89. The molecular formula is C12H24. The molecule has 0 spiro atoms. The van der Waals surface area contributed by atoms with E-state index in [0.717, 1.165) is 17.8 Å². The topological polar surface area (TPSA) is 0 Å². The molecule has 0 N–H and O–H groups in total. The molecule has 1 aliphatic rings. The van der Waals surface area contributed by atoms with Crippen LogP contribution in [0.3, 0.4) is 0 Å². The number of hydrogen-bond acceptors (Lipinski definition) is 0. The van der Waals surface area contributed by atoms with Crippen LogP contribution in [0.4, 0.5) is 0 Å². The summed E-state index contributed by atoms with van der Waals surface area (Å²) >= 11 is 0. The molecule has 0 radical (unpaired) electrons. The highest BCUT2D eigenvalue weighted by Crippen LogP contribution is 2.50. The molecule has 0 aliphatic heterocycles. The third-order valence-corrected chi connectivity index (χ3v) is 3.62. The summed E-state index contributed by atoms with van der Waals surface area (Å²) in [4.78, 5) is 0. The van der Waals surface area contributed by atoms with Gasteiger partial charge in [-0.3, -0.25) is 0 Å². The molecule has 0 heteroatoms. The number of rotatable bonds is 6. The fourth-order valence-corrected chi connectivity index (χ4v) is 2.59. The minimum Gasteiger partial charge on any atom is -0.0654 e. The standard InChI is InChI=1S/C12H24/c1-4-6-7-8-9-12-10(3)11(12)5-2/h10-12H,4-9H2,1-3H3. The molecule has 0 aromatic heterocycles. The zero-order chi connectivity index (χ0) is 8.97. The van der Waals surface area contributed by atoms with Gasteiger partial charge in [-0.25, -0.2) is 0 Å². The van der Waals surface area contributed by atoms with Gasteiger partial charge in [0.2, 0.25) is 0 Å². The van der Waals surface area contributed by atoms with Gasteiger partial charge >= 0.3 is 0 Å². The van der Waals surface area contributed by atoms with E-state index < -0.39 is 0 Å². The van der Waals surface area contributed by atoms with E-state index in [-0.39, 0.29) is 0 Å². The quantitative estimate of drug-likeness (QED) is 0.520. The molecule has 1 fully saturated rings. The van der Waals surface area contributed by atoms with Crippen molar-refractivity contribution in [3.8, 4) is 0 Å². The van der Waals surface area contributed by atoms with Crippen molar-refractivity contribution in [2.75, 3.05) is 0 Å². The maximum Gasteiger partial charge on any atom is -0.0355 e. The Kier molecular flexibility index (Phi) is 4.11. The van der Waals surface area contributed by atoms with E-state index in [9.17, 15) is 0 Å². The lowest BCUT2D eigenvalue weighted by Crippen LogP contribution is -1.83. The predicted molar refractivity (Wildman–Crippen MR) is 55.2 cm³/mol. The van der Waals surface area contributed by atoms with Gasteiger partial charge in [0, 0.05) is 0 Å². The number of hydrogen-bond donors (Lipinski definition) is 0. The molecular weight excluding hydrogens is 144 g/mol. The van der Waals surface area contributed by atoms with Crippen molar-refractivity contribution in [2.24, 2.45) is 17.8 Å². The SMILES string of the molecule is CCCCCCC1C(C)C1CC. The molecule has 0 aromatic carbocycles. The Morgan fingerprint density at radius 1 is 0.917 bits per heavy atom. The molecule has 1 rings (SSSR count). The minimum absolute atomic E-state index is 1.05. The average molecular weight is 168 g/mol. The highest BCUT2D eigenvalue weighted by atomic mass is 14.5. The molecule has 0 amide bonds. The molecule has 3 atom stereocenters. The third-order valence-electron chi connectivity index (χ3n) is 3.62. The van der Waals surface area contributed by atoms with Crippen molar-refractivity contribution in [3.05, 3.63) is 0 Å². The van der Waals surface area contributed by atoms with Crippen LogP contribution < -0.4 is 0 Å². The van der Waals surface area contributed by atoms with Gasteiger partial charge in [-0.15, -0.1) is 0 Å². The molecule has 3 unspecified atom stereocenters. The number of unbranched alkanes of at least 4 members (excludes halogenated alkanes) is 3. The minimum atomic E-state index is 1.05. The van der Waals surface area contributed by atoms with Crippen LogP contribution in [0.15, 0.2) is 0 Å². The Bertz CT molecular complexity index is 117. The Morgan fingerprint density at radius 3 is 2.17 bits per heavy atom. The van der Waals surface area contributed by atoms with Gasteiger partial charge in [-0.2, -0.15) is 0 Å². The van der Waals surface area contributed by atoms with Crippen molar-refractivity contribution in [1.29, 1.82) is 0 Å². The first-order valence-corrected chi connectivity index (χ1v) is 5.81. The first-order chi connectivity index (χ1) is 5.81. The van der Waals surface area contributed by atoms with Crippen molar-refractivity contribution in [1.82, 2.24) is 0 Å². The van der Waals surface area contributed by atoms with Crippen LogP contribution in [-0.2, 0) is 0 Å². The summed E-state index contributed by atoms with van der Waals surface area (Å²) in [6, 6.07) is 0. The van der Waals surface area contributed by atoms with E-state index in [0.29, 0.717) is 0 Å². The monoisotopic (exact) mass is 168 g/mol. The summed E-state index contributed by atoms with van der Waals surface area (Å²) in [7, 11) is 0. The Labute approximate surface area is 77.7 Å². The summed E-state index contributed by atoms with van der Waals surface area (Å²) in [6.07, 6.45) is 8.70. The van der Waals surface area contributed by atoms with Gasteiger partial charge in [-0.05, 0) is 24.2 Å². The van der Waals surface area contributed by atoms with Gasteiger partial charge in [-0.1, -0.05) is 52.9 Å². The van der Waals surface area contributed by atoms with E-state index in [4.69, 9.17) is 0 Å². The maximum absolute atomic E-state index is 2.43. The molecule has 0 nitrogen and oxygen atoms in total. The van der Waals surface area contributed by atoms with Gasteiger partial charge < -0.3 is 0 Å². The molecule has 0 saturated heterocycles. The largest absolute Gasteiger partial charge is 0.0654 e. The van der Waals surface area contributed by atoms with E-state index in [2.05, 4.69) is 20.8 Å². The third kappa shape index (κ3) is 2.50. The Balaban J connectivity index is 1.95. The predicted octanol–water partition coefficient (Wildman–Crippen LogP) is 4.25. The van der Waals surface area contributed by atoms with Crippen LogP contribution in [0.5, 0.6) is 0 Å². The van der Waals surface area contributed by atoms with Crippen LogP contribution >= 0.6 is 0 Å². The Hall–Kier alpha value is 0. The normalized spacial score (nSPS) is 33.8. The van der Waals surface area contributed by atoms with Gasteiger partial charge in [0.1, 0.15) is 0 Å². The second-order valence-corrected chi connectivity index (χ2v) is 4.44. The lowest BCUT2D eigenvalue weighted by molar-refractivity contribution is 0.557. The van der Waals surface area contributed by atoms with Crippen LogP contribution in [-0.4, -0.2) is 0 Å². The van der Waals surface area contributed by atoms with Crippen molar-refractivity contribution < 1.29 is 0 Å². The van der Waals surface area contributed by atoms with Crippen LogP contribution in [0.25, 0.3) is 0 Å². The summed E-state index contributed by atoms with van der Waals surface area (Å²) < 4.78 is 0. The van der Waals surface area contributed by atoms with Crippen LogP contribution in [0.1, 0.15) is 59.3 Å². The first kappa shape index (κ1) is 10.1. The highest BCUT2D eigenvalue weighted by Gasteiger charge is 2.43. The van der Waals surface area contributed by atoms with Gasteiger partial charge in [0.25, 0.3) is 0 Å². The van der Waals surface area contributed by atoms with Crippen LogP contribution in [0.2, 0.25) is 0 Å². The smallest absolute Gasteiger partial charge is 0.0355 e. The van der Waals surface area contributed by atoms with Crippen molar-refractivity contribution in [2.45, 2.75) is 59.3 Å². The molecule has 0 bridgehead atoms. The fraction of sp³-hybridized carbons (Fsp3) is 1.00. The fourth-order valence-electron chi connectivity index (χ4n) is 2.59. The van der Waals surface area contributed by atoms with E-state index in [1.54, 1.807) is 0 Å². The zero-order valence-corrected chi connectivity index (χ0v) is 8.97. The molecule has 1 aliphatic carbocycles. The molecule has 0 aromatic rings. The van der Waals surface area contributed by atoms with Crippen LogP contribution in [0, 0.1) is 17.8 Å². The van der Waals surface area contributed by atoms with Crippen molar-refractivity contribution >= 4 is 0 Å². The van der Waals surface area contributed by atoms with E-state index in [1.165, 1.54) is 38.5 Å². The summed E-state index contributed by atoms with van der Waals surface area (Å²) in [5.41, 5.74) is 0. The summed E-state index contributed by atoms with van der Waals surface area (Å²) in [6.45, 7) is 7.06. The molecule has 12 heavy (non-hydrogen) atoms. The van der Waals surface area contributed by atoms with Gasteiger partial charge in [0.15, 0.2) is 0 Å². The summed E-state index contributed by atoms with van der Waals surface area (Å²) in [5.74, 6) is 3.25. The van der Waals surface area contributed by atoms with Crippen molar-refractivity contribution in [3.63, 3.8) is 0 Å². The highest BCUT2D eigenvalue weighted by molar-refractivity contribution is 4.92. The second-order valence-electron chi connectivity index (χ2n) is 4.44. The molecule has 1 saturated carbocycles. The molecule has 0 heterocycles. The van der Waals surface area contributed by atoms with E-state index in [1.807, 2.05) is 0 Å². The first-order valence-electron chi connectivity index (χ1n) is 5.81. The zero-order valence-electron chi connectivity index (χ0n) is 8.97. The summed E-state index contributed by atoms with van der Waals surface area (Å²) in [5, 5.41) is 0. The lowest BCUT2D eigenvalue weighted by Gasteiger charge is -1.98. The van der Waals surface area contributed by atoms with Gasteiger partial charge in [0.05, 0.1) is 0 Å². The molecule has 72 valence electrons. The average Bonchev–Trinajstić information content (AvgIpc) is 2.70. The Morgan fingerprint density at radius 2 is 1.67 bits per heavy atom. The lowest BCUT2D eigenvalue weighted by atomic mass is 10.1.